The van der Waals surface area contributed by atoms with Gasteiger partial charge in [-0.15, -0.1) is 0 Å². The van der Waals surface area contributed by atoms with Gasteiger partial charge < -0.3 is 15.4 Å². The Kier molecular flexibility index (Phi) is 3.36. The number of amides is 1. The highest BCUT2D eigenvalue weighted by Crippen LogP contribution is 2.17. The molecule has 4 nitrogen and oxygen atoms in total. The summed E-state index contributed by atoms with van der Waals surface area (Å²) in [7, 11) is 0. The summed E-state index contributed by atoms with van der Waals surface area (Å²) in [4.78, 5) is 15.3. The number of benzene rings is 2. The Morgan fingerprint density at radius 3 is 2.86 bits per heavy atom. The molecule has 3 N–H and O–H groups in total. The SMILES string of the molecule is Cc1ccc2[nH]c(C(=O)NCc3cccc(O)c3)cc2c1. The van der Waals surface area contributed by atoms with E-state index in [1.54, 1.807) is 18.2 Å². The maximum atomic E-state index is 12.2. The monoisotopic (exact) mass is 280 g/mol. The number of aromatic amines is 1. The number of hydrogen-bond donors (Lipinski definition) is 3. The number of aromatic hydroxyl groups is 1. The minimum atomic E-state index is -0.160. The lowest BCUT2D eigenvalue weighted by molar-refractivity contribution is 0.0946. The number of nitrogens with one attached hydrogen (secondary N) is 2. The maximum absolute atomic E-state index is 12.2. The Morgan fingerprint density at radius 2 is 2.05 bits per heavy atom. The molecule has 106 valence electrons. The fraction of sp³-hybridized carbons (Fsp3) is 0.118. The van der Waals surface area contributed by atoms with E-state index >= 15 is 0 Å². The molecule has 0 fully saturated rings. The fourth-order valence-electron chi connectivity index (χ4n) is 2.32. The van der Waals surface area contributed by atoms with Crippen LogP contribution in [0.3, 0.4) is 0 Å². The van der Waals surface area contributed by atoms with Gasteiger partial charge in [-0.2, -0.15) is 0 Å². The molecule has 21 heavy (non-hydrogen) atoms. The molecule has 2 aromatic carbocycles. The molecule has 4 heteroatoms. The second-order valence-electron chi connectivity index (χ2n) is 5.13. The average molecular weight is 280 g/mol. The van der Waals surface area contributed by atoms with Gasteiger partial charge in [-0.1, -0.05) is 23.8 Å². The zero-order valence-electron chi connectivity index (χ0n) is 11.7. The van der Waals surface area contributed by atoms with Gasteiger partial charge in [-0.25, -0.2) is 0 Å². The minimum Gasteiger partial charge on any atom is -0.508 e. The lowest BCUT2D eigenvalue weighted by Gasteiger charge is -2.04. The average Bonchev–Trinajstić information content (AvgIpc) is 2.88. The Labute approximate surface area is 122 Å². The van der Waals surface area contributed by atoms with Gasteiger partial charge >= 0.3 is 0 Å². The van der Waals surface area contributed by atoms with Crippen LogP contribution in [0, 0.1) is 6.92 Å². The maximum Gasteiger partial charge on any atom is 0.267 e. The van der Waals surface area contributed by atoms with Crippen molar-refractivity contribution in [3.63, 3.8) is 0 Å². The molecule has 0 aliphatic carbocycles. The second-order valence-corrected chi connectivity index (χ2v) is 5.13. The van der Waals surface area contributed by atoms with Gasteiger partial charge in [0, 0.05) is 17.4 Å². The quantitative estimate of drug-likeness (QED) is 0.690. The molecule has 0 aliphatic rings. The van der Waals surface area contributed by atoms with E-state index in [1.807, 2.05) is 37.3 Å². The Bertz CT molecular complexity index is 805. The molecular formula is C17H16N2O2. The molecule has 0 aliphatic heterocycles. The molecule has 0 spiro atoms. The van der Waals surface area contributed by atoms with Gasteiger partial charge in [0.05, 0.1) is 0 Å². The lowest BCUT2D eigenvalue weighted by atomic mass is 10.2. The summed E-state index contributed by atoms with van der Waals surface area (Å²) in [6.45, 7) is 2.40. The van der Waals surface area contributed by atoms with E-state index in [0.717, 1.165) is 22.0 Å². The summed E-state index contributed by atoms with van der Waals surface area (Å²) in [6, 6.07) is 14.7. The standard InChI is InChI=1S/C17H16N2O2/c1-11-5-6-15-13(7-11)9-16(19-15)17(21)18-10-12-3-2-4-14(20)8-12/h2-9,19-20H,10H2,1H3,(H,18,21). The summed E-state index contributed by atoms with van der Waals surface area (Å²) in [6.07, 6.45) is 0. The van der Waals surface area contributed by atoms with Crippen LogP contribution in [0.1, 0.15) is 21.6 Å². The van der Waals surface area contributed by atoms with Crippen molar-refractivity contribution >= 4 is 16.8 Å². The lowest BCUT2D eigenvalue weighted by Crippen LogP contribution is -2.22. The Morgan fingerprint density at radius 1 is 1.19 bits per heavy atom. The van der Waals surface area contributed by atoms with E-state index in [-0.39, 0.29) is 11.7 Å². The van der Waals surface area contributed by atoms with E-state index in [1.165, 1.54) is 0 Å². The summed E-state index contributed by atoms with van der Waals surface area (Å²) in [5.74, 6) is 0.0371. The number of rotatable bonds is 3. The van der Waals surface area contributed by atoms with Crippen LogP contribution in [0.2, 0.25) is 0 Å². The van der Waals surface area contributed by atoms with E-state index in [2.05, 4.69) is 10.3 Å². The van der Waals surface area contributed by atoms with E-state index in [4.69, 9.17) is 0 Å². The zero-order chi connectivity index (χ0) is 14.8. The number of H-pyrrole nitrogens is 1. The Balaban J connectivity index is 1.74. The second kappa shape index (κ2) is 5.32. The predicted molar refractivity (Wildman–Crippen MR) is 82.3 cm³/mol. The fourth-order valence-corrected chi connectivity index (χ4v) is 2.32. The molecule has 1 amide bonds. The molecule has 0 saturated heterocycles. The number of aryl methyl sites for hydroxylation is 1. The third-order valence-corrected chi connectivity index (χ3v) is 3.38. The molecule has 0 saturated carbocycles. The smallest absolute Gasteiger partial charge is 0.267 e. The molecule has 0 radical (unpaired) electrons. The van der Waals surface area contributed by atoms with Crippen molar-refractivity contribution in [2.75, 3.05) is 0 Å². The summed E-state index contributed by atoms with van der Waals surface area (Å²) in [5.41, 5.74) is 3.50. The van der Waals surface area contributed by atoms with Crippen molar-refractivity contribution < 1.29 is 9.90 Å². The van der Waals surface area contributed by atoms with Crippen LogP contribution in [0.25, 0.3) is 10.9 Å². The van der Waals surface area contributed by atoms with Crippen LogP contribution in [-0.2, 0) is 6.54 Å². The van der Waals surface area contributed by atoms with Crippen LogP contribution in [-0.4, -0.2) is 16.0 Å². The van der Waals surface area contributed by atoms with Crippen LogP contribution in [0.5, 0.6) is 5.75 Å². The van der Waals surface area contributed by atoms with Crippen molar-refractivity contribution in [1.29, 1.82) is 0 Å². The summed E-state index contributed by atoms with van der Waals surface area (Å²) >= 11 is 0. The molecule has 0 atom stereocenters. The van der Waals surface area contributed by atoms with Crippen LogP contribution in [0.15, 0.2) is 48.5 Å². The van der Waals surface area contributed by atoms with E-state index < -0.39 is 0 Å². The molecule has 0 unspecified atom stereocenters. The van der Waals surface area contributed by atoms with Gasteiger partial charge in [0.2, 0.25) is 0 Å². The first-order chi connectivity index (χ1) is 10.1. The Hall–Kier alpha value is -2.75. The van der Waals surface area contributed by atoms with Gasteiger partial charge in [-0.05, 0) is 42.8 Å². The molecule has 1 aromatic heterocycles. The summed E-state index contributed by atoms with van der Waals surface area (Å²) in [5, 5.41) is 13.3. The van der Waals surface area contributed by atoms with Crippen molar-refractivity contribution in [3.8, 4) is 5.75 Å². The first kappa shape index (κ1) is 13.2. The molecule has 0 bridgehead atoms. The van der Waals surface area contributed by atoms with E-state index in [0.29, 0.717) is 12.2 Å². The molecular weight excluding hydrogens is 264 g/mol. The van der Waals surface area contributed by atoms with Crippen LogP contribution >= 0.6 is 0 Å². The van der Waals surface area contributed by atoms with Crippen LogP contribution < -0.4 is 5.32 Å². The number of carbonyl (C=O) groups is 1. The van der Waals surface area contributed by atoms with E-state index in [9.17, 15) is 9.90 Å². The predicted octanol–water partition coefficient (Wildman–Crippen LogP) is 3.11. The number of phenols is 1. The third-order valence-electron chi connectivity index (χ3n) is 3.38. The number of hydrogen-bond acceptors (Lipinski definition) is 2. The van der Waals surface area contributed by atoms with Gasteiger partial charge in [0.1, 0.15) is 11.4 Å². The first-order valence-corrected chi connectivity index (χ1v) is 6.77. The van der Waals surface area contributed by atoms with Gasteiger partial charge in [-0.3, -0.25) is 4.79 Å². The first-order valence-electron chi connectivity index (χ1n) is 6.77. The molecule has 3 rings (SSSR count). The topological polar surface area (TPSA) is 65.1 Å². The van der Waals surface area contributed by atoms with Crippen molar-refractivity contribution in [1.82, 2.24) is 10.3 Å². The highest BCUT2D eigenvalue weighted by molar-refractivity contribution is 5.98. The van der Waals surface area contributed by atoms with Crippen molar-refractivity contribution in [2.24, 2.45) is 0 Å². The van der Waals surface area contributed by atoms with Crippen LogP contribution in [0.4, 0.5) is 0 Å². The van der Waals surface area contributed by atoms with Crippen molar-refractivity contribution in [3.05, 3.63) is 65.4 Å². The third kappa shape index (κ3) is 2.89. The number of aromatic nitrogens is 1. The number of phenolic OH excluding ortho intramolecular Hbond substituents is 1. The zero-order valence-corrected chi connectivity index (χ0v) is 11.7. The van der Waals surface area contributed by atoms with Crippen molar-refractivity contribution in [2.45, 2.75) is 13.5 Å². The highest BCUT2D eigenvalue weighted by atomic mass is 16.3. The molecule has 1 heterocycles. The highest BCUT2D eigenvalue weighted by Gasteiger charge is 2.09. The number of carbonyl (C=O) groups excluding carboxylic acids is 1. The normalized spacial score (nSPS) is 10.7. The minimum absolute atomic E-state index is 0.160. The molecule has 3 aromatic rings. The summed E-state index contributed by atoms with van der Waals surface area (Å²) < 4.78 is 0. The van der Waals surface area contributed by atoms with Gasteiger partial charge in [0.15, 0.2) is 0 Å². The largest absolute Gasteiger partial charge is 0.508 e. The van der Waals surface area contributed by atoms with Gasteiger partial charge in [0.25, 0.3) is 5.91 Å². The number of fused-ring (bicyclic) bond motifs is 1.